The number of hydrogen-bond acceptors (Lipinski definition) is 4. The summed E-state index contributed by atoms with van der Waals surface area (Å²) >= 11 is 1.69. The van der Waals surface area contributed by atoms with E-state index in [1.165, 1.54) is 5.56 Å². The number of carbonyl (C=O) groups excluding carboxylic acids is 1. The van der Waals surface area contributed by atoms with Crippen molar-refractivity contribution in [2.75, 3.05) is 11.1 Å². The van der Waals surface area contributed by atoms with Crippen LogP contribution >= 0.6 is 11.3 Å². The standard InChI is InChI=1S/C14H17N3OS/c1-9(6-10-4-5-19-8-10)17-11-2-3-13(15)12(7-11)14(16)18/h2-5,7-9,17H,6,15H2,1H3,(H2,16,18). The number of hydrogen-bond donors (Lipinski definition) is 3. The van der Waals surface area contributed by atoms with Gasteiger partial charge in [0.15, 0.2) is 0 Å². The molecule has 100 valence electrons. The predicted octanol–water partition coefficient (Wildman–Crippen LogP) is 2.47. The van der Waals surface area contributed by atoms with E-state index >= 15 is 0 Å². The predicted molar refractivity (Wildman–Crippen MR) is 80.5 cm³/mol. The summed E-state index contributed by atoms with van der Waals surface area (Å²) in [4.78, 5) is 11.2. The number of thiophene rings is 1. The summed E-state index contributed by atoms with van der Waals surface area (Å²) in [6.45, 7) is 2.10. The molecule has 0 bridgehead atoms. The highest BCUT2D eigenvalue weighted by molar-refractivity contribution is 7.07. The Morgan fingerprint density at radius 3 is 2.84 bits per heavy atom. The monoisotopic (exact) mass is 275 g/mol. The van der Waals surface area contributed by atoms with Crippen molar-refractivity contribution in [2.24, 2.45) is 5.73 Å². The summed E-state index contributed by atoms with van der Waals surface area (Å²) in [5.74, 6) is -0.508. The van der Waals surface area contributed by atoms with Crippen molar-refractivity contribution >= 4 is 28.6 Å². The molecule has 1 amide bonds. The van der Waals surface area contributed by atoms with Gasteiger partial charge in [0.2, 0.25) is 0 Å². The SMILES string of the molecule is CC(Cc1ccsc1)Nc1ccc(N)c(C(N)=O)c1. The summed E-state index contributed by atoms with van der Waals surface area (Å²) in [7, 11) is 0. The van der Waals surface area contributed by atoms with Gasteiger partial charge in [-0.25, -0.2) is 0 Å². The fraction of sp³-hybridized carbons (Fsp3) is 0.214. The van der Waals surface area contributed by atoms with Gasteiger partial charge in [-0.3, -0.25) is 4.79 Å². The van der Waals surface area contributed by atoms with Crippen LogP contribution in [0.15, 0.2) is 35.0 Å². The third-order valence-electron chi connectivity index (χ3n) is 2.85. The van der Waals surface area contributed by atoms with Crippen molar-refractivity contribution in [3.05, 3.63) is 46.2 Å². The highest BCUT2D eigenvalue weighted by atomic mass is 32.1. The number of nitrogens with two attached hydrogens (primary N) is 2. The second-order valence-corrected chi connectivity index (χ2v) is 5.33. The van der Waals surface area contributed by atoms with Crippen molar-refractivity contribution in [3.63, 3.8) is 0 Å². The number of nitrogens with one attached hydrogen (secondary N) is 1. The van der Waals surface area contributed by atoms with Crippen LogP contribution in [0.4, 0.5) is 11.4 Å². The first kappa shape index (κ1) is 13.4. The molecule has 0 saturated heterocycles. The van der Waals surface area contributed by atoms with Crippen molar-refractivity contribution in [1.29, 1.82) is 0 Å². The van der Waals surface area contributed by atoms with Gasteiger partial charge in [-0.1, -0.05) is 0 Å². The summed E-state index contributed by atoms with van der Waals surface area (Å²) in [6.07, 6.45) is 0.930. The highest BCUT2D eigenvalue weighted by Crippen LogP contribution is 2.19. The fourth-order valence-electron chi connectivity index (χ4n) is 1.96. The molecule has 4 nitrogen and oxygen atoms in total. The molecule has 5 N–H and O–H groups in total. The molecule has 0 aliphatic carbocycles. The van der Waals surface area contributed by atoms with Gasteiger partial charge in [-0.05, 0) is 53.9 Å². The molecule has 0 aliphatic rings. The molecule has 1 aromatic carbocycles. The average molecular weight is 275 g/mol. The summed E-state index contributed by atoms with van der Waals surface area (Å²) < 4.78 is 0. The molecular formula is C14H17N3OS. The summed E-state index contributed by atoms with van der Waals surface area (Å²) in [6, 6.07) is 7.62. The number of rotatable bonds is 5. The highest BCUT2D eigenvalue weighted by Gasteiger charge is 2.09. The van der Waals surface area contributed by atoms with E-state index in [4.69, 9.17) is 11.5 Å². The van der Waals surface area contributed by atoms with Crippen LogP contribution < -0.4 is 16.8 Å². The normalized spacial score (nSPS) is 12.1. The van der Waals surface area contributed by atoms with Gasteiger partial charge in [0.25, 0.3) is 5.91 Å². The Balaban J connectivity index is 2.06. The van der Waals surface area contributed by atoms with Crippen LogP contribution in [-0.4, -0.2) is 11.9 Å². The van der Waals surface area contributed by atoms with E-state index in [9.17, 15) is 4.79 Å². The van der Waals surface area contributed by atoms with Crippen LogP contribution in [0, 0.1) is 0 Å². The average Bonchev–Trinajstić information content (AvgIpc) is 2.84. The van der Waals surface area contributed by atoms with Gasteiger partial charge in [0.05, 0.1) is 5.56 Å². The van der Waals surface area contributed by atoms with E-state index in [-0.39, 0.29) is 6.04 Å². The third kappa shape index (κ3) is 3.48. The van der Waals surface area contributed by atoms with Crippen molar-refractivity contribution < 1.29 is 4.79 Å². The van der Waals surface area contributed by atoms with Gasteiger partial charge < -0.3 is 16.8 Å². The van der Waals surface area contributed by atoms with Gasteiger partial charge in [-0.15, -0.1) is 0 Å². The third-order valence-corrected chi connectivity index (χ3v) is 3.59. The van der Waals surface area contributed by atoms with Gasteiger partial charge in [0, 0.05) is 17.4 Å². The zero-order valence-electron chi connectivity index (χ0n) is 10.7. The first-order valence-electron chi connectivity index (χ1n) is 6.03. The summed E-state index contributed by atoms with van der Waals surface area (Å²) in [5.41, 5.74) is 13.9. The molecule has 0 spiro atoms. The molecule has 0 radical (unpaired) electrons. The fourth-order valence-corrected chi connectivity index (χ4v) is 2.64. The molecule has 2 rings (SSSR count). The number of anilines is 2. The van der Waals surface area contributed by atoms with Crippen LogP contribution in [-0.2, 0) is 6.42 Å². The van der Waals surface area contributed by atoms with E-state index in [2.05, 4.69) is 29.1 Å². The molecule has 1 unspecified atom stereocenters. The van der Waals surface area contributed by atoms with E-state index in [1.54, 1.807) is 23.5 Å². The molecule has 0 fully saturated rings. The van der Waals surface area contributed by atoms with Crippen LogP contribution in [0.1, 0.15) is 22.8 Å². The zero-order chi connectivity index (χ0) is 13.8. The maximum atomic E-state index is 11.2. The van der Waals surface area contributed by atoms with Crippen LogP contribution in [0.25, 0.3) is 0 Å². The molecule has 0 aliphatic heterocycles. The van der Waals surface area contributed by atoms with E-state index in [0.29, 0.717) is 11.3 Å². The lowest BCUT2D eigenvalue weighted by Gasteiger charge is -2.15. The minimum atomic E-state index is -0.508. The largest absolute Gasteiger partial charge is 0.398 e. The Morgan fingerprint density at radius 1 is 1.42 bits per heavy atom. The van der Waals surface area contributed by atoms with Crippen molar-refractivity contribution in [3.8, 4) is 0 Å². The molecule has 1 heterocycles. The molecule has 2 aromatic rings. The quantitative estimate of drug-likeness (QED) is 0.733. The molecule has 1 aromatic heterocycles. The van der Waals surface area contributed by atoms with Crippen LogP contribution in [0.5, 0.6) is 0 Å². The Bertz CT molecular complexity index is 566. The maximum absolute atomic E-state index is 11.2. The van der Waals surface area contributed by atoms with E-state index in [0.717, 1.165) is 12.1 Å². The van der Waals surface area contributed by atoms with Crippen molar-refractivity contribution in [2.45, 2.75) is 19.4 Å². The van der Waals surface area contributed by atoms with Crippen LogP contribution in [0.2, 0.25) is 0 Å². The first-order chi connectivity index (χ1) is 9.06. The Kier molecular flexibility index (Phi) is 4.06. The van der Waals surface area contributed by atoms with E-state index < -0.39 is 5.91 Å². The van der Waals surface area contributed by atoms with Gasteiger partial charge in [0.1, 0.15) is 0 Å². The van der Waals surface area contributed by atoms with Gasteiger partial charge >= 0.3 is 0 Å². The lowest BCUT2D eigenvalue weighted by Crippen LogP contribution is -2.19. The lowest BCUT2D eigenvalue weighted by molar-refractivity contribution is 0.100. The van der Waals surface area contributed by atoms with Crippen molar-refractivity contribution in [1.82, 2.24) is 0 Å². The molecule has 1 atom stereocenters. The number of nitrogen functional groups attached to an aromatic ring is 1. The Labute approximate surface area is 116 Å². The zero-order valence-corrected chi connectivity index (χ0v) is 11.5. The molecule has 19 heavy (non-hydrogen) atoms. The first-order valence-corrected chi connectivity index (χ1v) is 6.97. The second-order valence-electron chi connectivity index (χ2n) is 4.55. The minimum absolute atomic E-state index is 0.263. The van der Waals surface area contributed by atoms with Gasteiger partial charge in [-0.2, -0.15) is 11.3 Å². The smallest absolute Gasteiger partial charge is 0.250 e. The lowest BCUT2D eigenvalue weighted by atomic mass is 10.1. The molecular weight excluding hydrogens is 258 g/mol. The molecule has 5 heteroatoms. The molecule has 0 saturated carbocycles. The van der Waals surface area contributed by atoms with E-state index in [1.807, 2.05) is 6.07 Å². The number of primary amides is 1. The topological polar surface area (TPSA) is 81.1 Å². The van der Waals surface area contributed by atoms with Crippen LogP contribution in [0.3, 0.4) is 0 Å². The number of benzene rings is 1. The maximum Gasteiger partial charge on any atom is 0.250 e. The number of carbonyl (C=O) groups is 1. The Morgan fingerprint density at radius 2 is 2.21 bits per heavy atom. The minimum Gasteiger partial charge on any atom is -0.398 e. The Hall–Kier alpha value is -2.01. The number of amides is 1. The summed E-state index contributed by atoms with van der Waals surface area (Å²) in [5, 5.41) is 7.54. The second kappa shape index (κ2) is 5.75.